The summed E-state index contributed by atoms with van der Waals surface area (Å²) in [5.74, 6) is -0.0476. The zero-order valence-corrected chi connectivity index (χ0v) is 18.4. The van der Waals surface area contributed by atoms with Crippen LogP contribution in [-0.4, -0.2) is 40.5 Å². The van der Waals surface area contributed by atoms with Gasteiger partial charge in [0.25, 0.3) is 5.91 Å². The number of aryl methyl sites for hydroxylation is 2. The number of fused-ring (bicyclic) bond motifs is 1. The topological polar surface area (TPSA) is 50.2 Å². The molecule has 1 amide bonds. The number of amides is 1. The predicted molar refractivity (Wildman–Crippen MR) is 124 cm³/mol. The fraction of sp³-hybridized carbons (Fsp3) is 0.250. The highest BCUT2D eigenvalue weighted by Crippen LogP contribution is 2.34. The summed E-state index contributed by atoms with van der Waals surface area (Å²) in [5.41, 5.74) is 4.40. The number of likely N-dealkylation sites (N-methyl/N-ethyl adjacent to an activating group) is 1. The van der Waals surface area contributed by atoms with Crippen molar-refractivity contribution >= 4 is 27.5 Å². The number of hydrogen-bond donors (Lipinski definition) is 1. The van der Waals surface area contributed by atoms with Gasteiger partial charge in [-0.25, -0.2) is 4.98 Å². The van der Waals surface area contributed by atoms with E-state index in [-0.39, 0.29) is 5.91 Å². The molecular weight excluding hydrogens is 392 g/mol. The van der Waals surface area contributed by atoms with Crippen LogP contribution in [-0.2, 0) is 6.54 Å². The summed E-state index contributed by atoms with van der Waals surface area (Å²) in [6.45, 7) is 6.35. The van der Waals surface area contributed by atoms with Crippen molar-refractivity contribution in [2.75, 3.05) is 20.1 Å². The van der Waals surface area contributed by atoms with E-state index in [2.05, 4.69) is 64.9 Å². The molecule has 0 aliphatic rings. The average Bonchev–Trinajstić information content (AvgIpc) is 3.28. The van der Waals surface area contributed by atoms with Crippen molar-refractivity contribution in [3.63, 3.8) is 0 Å². The van der Waals surface area contributed by atoms with E-state index in [1.165, 1.54) is 16.9 Å². The lowest BCUT2D eigenvalue weighted by molar-refractivity contribution is 0.0953. The van der Waals surface area contributed by atoms with Gasteiger partial charge in [0.1, 0.15) is 9.71 Å². The van der Waals surface area contributed by atoms with E-state index < -0.39 is 0 Å². The summed E-state index contributed by atoms with van der Waals surface area (Å²) >= 11 is 1.45. The third-order valence-corrected chi connectivity index (χ3v) is 6.32. The van der Waals surface area contributed by atoms with Crippen molar-refractivity contribution in [1.29, 1.82) is 0 Å². The molecule has 30 heavy (non-hydrogen) atoms. The Labute approximate surface area is 181 Å². The summed E-state index contributed by atoms with van der Waals surface area (Å²) in [6, 6.07) is 18.5. The molecule has 6 heteroatoms. The molecule has 0 unspecified atom stereocenters. The van der Waals surface area contributed by atoms with Gasteiger partial charge in [-0.05, 0) is 50.7 Å². The quantitative estimate of drug-likeness (QED) is 0.478. The molecular formula is C24H26N4OS. The fourth-order valence-corrected chi connectivity index (χ4v) is 4.78. The maximum atomic E-state index is 13.1. The molecule has 0 aliphatic heterocycles. The van der Waals surface area contributed by atoms with Crippen LogP contribution in [0.15, 0.2) is 60.8 Å². The van der Waals surface area contributed by atoms with Crippen LogP contribution in [0.4, 0.5) is 0 Å². The minimum Gasteiger partial charge on any atom is -0.350 e. The first-order valence-corrected chi connectivity index (χ1v) is 10.9. The van der Waals surface area contributed by atoms with E-state index in [9.17, 15) is 4.79 Å². The van der Waals surface area contributed by atoms with Crippen molar-refractivity contribution in [1.82, 2.24) is 19.8 Å². The van der Waals surface area contributed by atoms with Crippen LogP contribution in [0.1, 0.15) is 26.6 Å². The molecule has 0 fully saturated rings. The largest absolute Gasteiger partial charge is 0.350 e. The van der Waals surface area contributed by atoms with Gasteiger partial charge in [0.2, 0.25) is 0 Å². The lowest BCUT2D eigenvalue weighted by atomic mass is 10.2. The van der Waals surface area contributed by atoms with Crippen LogP contribution in [0.25, 0.3) is 15.9 Å². The molecule has 1 N–H and O–H groups in total. The van der Waals surface area contributed by atoms with Gasteiger partial charge in [0, 0.05) is 42.6 Å². The van der Waals surface area contributed by atoms with Crippen molar-refractivity contribution in [3.05, 3.63) is 82.6 Å². The summed E-state index contributed by atoms with van der Waals surface area (Å²) in [7, 11) is 2.07. The number of nitrogens with zero attached hydrogens (tertiary/aromatic N) is 3. The van der Waals surface area contributed by atoms with Gasteiger partial charge < -0.3 is 14.8 Å². The Morgan fingerprint density at radius 1 is 1.07 bits per heavy atom. The summed E-state index contributed by atoms with van der Waals surface area (Å²) in [5, 5.41) is 4.12. The monoisotopic (exact) mass is 418 g/mol. The highest BCUT2D eigenvalue weighted by molar-refractivity contribution is 7.21. The van der Waals surface area contributed by atoms with Gasteiger partial charge in [-0.1, -0.05) is 30.3 Å². The Hall–Kier alpha value is -2.96. The molecule has 5 nitrogen and oxygen atoms in total. The lowest BCUT2D eigenvalue weighted by Gasteiger charge is -2.17. The predicted octanol–water partition coefficient (Wildman–Crippen LogP) is 4.57. The van der Waals surface area contributed by atoms with E-state index in [1.54, 1.807) is 6.20 Å². The number of rotatable bonds is 7. The third kappa shape index (κ3) is 4.15. The second kappa shape index (κ2) is 8.81. The highest BCUT2D eigenvalue weighted by atomic mass is 32.1. The minimum atomic E-state index is -0.0476. The van der Waals surface area contributed by atoms with Crippen molar-refractivity contribution < 1.29 is 4.79 Å². The maximum absolute atomic E-state index is 13.1. The molecule has 0 saturated heterocycles. The second-order valence-electron chi connectivity index (χ2n) is 7.57. The highest BCUT2D eigenvalue weighted by Gasteiger charge is 2.22. The number of benzene rings is 1. The van der Waals surface area contributed by atoms with Gasteiger partial charge >= 0.3 is 0 Å². The molecule has 0 aliphatic carbocycles. The Morgan fingerprint density at radius 2 is 1.80 bits per heavy atom. The van der Waals surface area contributed by atoms with Gasteiger partial charge in [0.15, 0.2) is 0 Å². The van der Waals surface area contributed by atoms with Crippen LogP contribution in [0.5, 0.6) is 0 Å². The zero-order chi connectivity index (χ0) is 21.1. The number of carbonyl (C=O) groups is 1. The molecule has 4 rings (SSSR count). The van der Waals surface area contributed by atoms with Gasteiger partial charge in [-0.3, -0.25) is 4.79 Å². The SMILES string of the molecule is Cc1ccc(C)n1-c1c(C(=O)NCCN(C)Cc2ccccc2)sc2ncccc12. The number of thiophene rings is 1. The van der Waals surface area contributed by atoms with E-state index in [4.69, 9.17) is 0 Å². The Bertz CT molecular complexity index is 1140. The first-order chi connectivity index (χ1) is 14.5. The second-order valence-corrected chi connectivity index (χ2v) is 8.57. The van der Waals surface area contributed by atoms with Crippen LogP contribution >= 0.6 is 11.3 Å². The molecule has 154 valence electrons. The number of hydrogen-bond acceptors (Lipinski definition) is 4. The van der Waals surface area contributed by atoms with E-state index in [0.717, 1.165) is 40.4 Å². The van der Waals surface area contributed by atoms with E-state index in [0.29, 0.717) is 11.4 Å². The van der Waals surface area contributed by atoms with Crippen LogP contribution in [0.2, 0.25) is 0 Å². The molecule has 0 atom stereocenters. The molecule has 0 saturated carbocycles. The van der Waals surface area contributed by atoms with Gasteiger partial charge in [-0.15, -0.1) is 11.3 Å². The summed E-state index contributed by atoms with van der Waals surface area (Å²) < 4.78 is 2.15. The lowest BCUT2D eigenvalue weighted by Crippen LogP contribution is -2.32. The molecule has 1 aromatic carbocycles. The number of nitrogens with one attached hydrogen (secondary N) is 1. The van der Waals surface area contributed by atoms with E-state index in [1.807, 2.05) is 30.3 Å². The first-order valence-electron chi connectivity index (χ1n) is 10.1. The molecule has 3 aromatic heterocycles. The fourth-order valence-electron chi connectivity index (χ4n) is 3.73. The minimum absolute atomic E-state index is 0.0476. The van der Waals surface area contributed by atoms with Crippen LogP contribution in [0.3, 0.4) is 0 Å². The Morgan fingerprint density at radius 3 is 2.53 bits per heavy atom. The van der Waals surface area contributed by atoms with Crippen molar-refractivity contribution in [2.24, 2.45) is 0 Å². The zero-order valence-electron chi connectivity index (χ0n) is 17.6. The number of aromatic nitrogens is 2. The standard InChI is InChI=1S/C24H26N4OS/c1-17-11-12-18(2)28(17)21-20-10-7-13-26-24(20)30-22(21)23(29)25-14-15-27(3)16-19-8-5-4-6-9-19/h4-13H,14-16H2,1-3H3,(H,25,29). The maximum Gasteiger partial charge on any atom is 0.263 e. The van der Waals surface area contributed by atoms with E-state index >= 15 is 0 Å². The van der Waals surface area contributed by atoms with Crippen molar-refractivity contribution in [2.45, 2.75) is 20.4 Å². The number of pyridine rings is 1. The van der Waals surface area contributed by atoms with Gasteiger partial charge in [-0.2, -0.15) is 0 Å². The smallest absolute Gasteiger partial charge is 0.263 e. The van der Waals surface area contributed by atoms with Gasteiger partial charge in [0.05, 0.1) is 5.69 Å². The summed E-state index contributed by atoms with van der Waals surface area (Å²) in [4.78, 5) is 21.4. The molecule has 0 radical (unpaired) electrons. The molecule has 3 heterocycles. The molecule has 0 spiro atoms. The van der Waals surface area contributed by atoms with Crippen LogP contribution < -0.4 is 5.32 Å². The summed E-state index contributed by atoms with van der Waals surface area (Å²) in [6.07, 6.45) is 1.78. The molecule has 0 bridgehead atoms. The van der Waals surface area contributed by atoms with Crippen molar-refractivity contribution in [3.8, 4) is 5.69 Å². The normalized spacial score (nSPS) is 11.3. The number of carbonyl (C=O) groups excluding carboxylic acids is 1. The van der Waals surface area contributed by atoms with Crippen LogP contribution in [0, 0.1) is 13.8 Å². The average molecular weight is 419 g/mol. The third-order valence-electron chi connectivity index (χ3n) is 5.22. The Kier molecular flexibility index (Phi) is 5.97. The Balaban J connectivity index is 1.52. The molecule has 4 aromatic rings. The first kappa shape index (κ1) is 20.3.